The number of piperazine rings is 1. The molecule has 3 heterocycles. The number of carbonyl (C=O) groups is 2. The molecule has 1 aromatic carbocycles. The Morgan fingerprint density at radius 3 is 2.46 bits per heavy atom. The average Bonchev–Trinajstić information content (AvgIpc) is 2.91. The Morgan fingerprint density at radius 2 is 1.71 bits per heavy atom. The van der Waals surface area contributed by atoms with Crippen molar-refractivity contribution in [3.8, 4) is 0 Å². The number of hydrogen-bond donors (Lipinski definition) is 0. The fourth-order valence-corrected chi connectivity index (χ4v) is 4.02. The number of amides is 2. The zero-order valence-corrected chi connectivity index (χ0v) is 16.1. The first-order valence-corrected chi connectivity index (χ1v) is 9.86. The standard InChI is InChI=1S/C21H25N5O2/c1-16(26-18-8-3-2-6-17(18)7-4-9-19(26)27)20(28)24-12-14-25(15-13-24)21-22-10-5-11-23-21/h2-3,5-6,8,10-11,16H,4,7,9,12-15H2,1H3/t16-/m0/s1. The molecule has 146 valence electrons. The van der Waals surface area contributed by atoms with Gasteiger partial charge in [-0.15, -0.1) is 0 Å². The third-order valence-electron chi connectivity index (χ3n) is 5.53. The quantitative estimate of drug-likeness (QED) is 0.815. The number of carbonyl (C=O) groups excluding carboxylic acids is 2. The Hall–Kier alpha value is -2.96. The number of para-hydroxylation sites is 1. The van der Waals surface area contributed by atoms with Gasteiger partial charge in [0.25, 0.3) is 0 Å². The van der Waals surface area contributed by atoms with Crippen molar-refractivity contribution in [2.75, 3.05) is 36.0 Å². The van der Waals surface area contributed by atoms with Crippen LogP contribution in [0.3, 0.4) is 0 Å². The molecule has 28 heavy (non-hydrogen) atoms. The number of benzene rings is 1. The summed E-state index contributed by atoms with van der Waals surface area (Å²) in [7, 11) is 0. The van der Waals surface area contributed by atoms with Crippen LogP contribution in [0.5, 0.6) is 0 Å². The van der Waals surface area contributed by atoms with Crippen molar-refractivity contribution in [3.05, 3.63) is 48.3 Å². The number of nitrogens with zero attached hydrogens (tertiary/aromatic N) is 5. The first-order valence-electron chi connectivity index (χ1n) is 9.86. The van der Waals surface area contributed by atoms with Crippen molar-refractivity contribution in [1.82, 2.24) is 14.9 Å². The number of fused-ring (bicyclic) bond motifs is 1. The minimum absolute atomic E-state index is 0.00122. The van der Waals surface area contributed by atoms with Gasteiger partial charge in [-0.2, -0.15) is 0 Å². The summed E-state index contributed by atoms with van der Waals surface area (Å²) in [6.45, 7) is 4.42. The zero-order valence-electron chi connectivity index (χ0n) is 16.1. The number of aromatic nitrogens is 2. The maximum Gasteiger partial charge on any atom is 0.245 e. The summed E-state index contributed by atoms with van der Waals surface area (Å²) in [6, 6.07) is 9.21. The zero-order chi connectivity index (χ0) is 19.5. The largest absolute Gasteiger partial charge is 0.337 e. The maximum atomic E-state index is 13.2. The van der Waals surface area contributed by atoms with Gasteiger partial charge in [-0.3, -0.25) is 14.5 Å². The Balaban J connectivity index is 1.47. The second-order valence-electron chi connectivity index (χ2n) is 7.28. The van der Waals surface area contributed by atoms with E-state index in [1.54, 1.807) is 23.4 Å². The molecule has 2 aromatic rings. The maximum absolute atomic E-state index is 13.2. The highest BCUT2D eigenvalue weighted by Crippen LogP contribution is 2.29. The second kappa shape index (κ2) is 7.96. The fraction of sp³-hybridized carbons (Fsp3) is 0.429. The summed E-state index contributed by atoms with van der Waals surface area (Å²) >= 11 is 0. The highest BCUT2D eigenvalue weighted by atomic mass is 16.2. The van der Waals surface area contributed by atoms with Crippen LogP contribution in [0, 0.1) is 0 Å². The van der Waals surface area contributed by atoms with Crippen molar-refractivity contribution >= 4 is 23.5 Å². The Labute approximate surface area is 165 Å². The monoisotopic (exact) mass is 379 g/mol. The minimum Gasteiger partial charge on any atom is -0.337 e. The molecule has 0 aliphatic carbocycles. The highest BCUT2D eigenvalue weighted by Gasteiger charge is 2.34. The van der Waals surface area contributed by atoms with Crippen LogP contribution in [-0.2, 0) is 16.0 Å². The first kappa shape index (κ1) is 18.4. The lowest BCUT2D eigenvalue weighted by atomic mass is 10.1. The molecule has 0 radical (unpaired) electrons. The van der Waals surface area contributed by atoms with Crippen LogP contribution in [0.25, 0.3) is 0 Å². The van der Waals surface area contributed by atoms with E-state index in [2.05, 4.69) is 20.9 Å². The van der Waals surface area contributed by atoms with Crippen molar-refractivity contribution in [2.45, 2.75) is 32.2 Å². The smallest absolute Gasteiger partial charge is 0.245 e. The Bertz CT molecular complexity index is 849. The van der Waals surface area contributed by atoms with Crippen molar-refractivity contribution < 1.29 is 9.59 Å². The topological polar surface area (TPSA) is 69.6 Å². The molecule has 0 saturated carbocycles. The predicted molar refractivity (Wildman–Crippen MR) is 107 cm³/mol. The summed E-state index contributed by atoms with van der Waals surface area (Å²) < 4.78 is 0. The van der Waals surface area contributed by atoms with Gasteiger partial charge in [0, 0.05) is 50.7 Å². The van der Waals surface area contributed by atoms with E-state index in [4.69, 9.17) is 0 Å². The Kier molecular flexibility index (Phi) is 5.23. The van der Waals surface area contributed by atoms with Crippen LogP contribution >= 0.6 is 0 Å². The lowest BCUT2D eigenvalue weighted by molar-refractivity contribution is -0.134. The lowest BCUT2D eigenvalue weighted by Crippen LogP contribution is -2.55. The normalized spacial score (nSPS) is 18.5. The number of anilines is 2. The van der Waals surface area contributed by atoms with Gasteiger partial charge in [-0.05, 0) is 37.5 Å². The van der Waals surface area contributed by atoms with Gasteiger partial charge < -0.3 is 9.80 Å². The van der Waals surface area contributed by atoms with Crippen molar-refractivity contribution in [2.24, 2.45) is 0 Å². The van der Waals surface area contributed by atoms with E-state index in [0.29, 0.717) is 38.5 Å². The van der Waals surface area contributed by atoms with Gasteiger partial charge in [0.1, 0.15) is 6.04 Å². The summed E-state index contributed by atoms with van der Waals surface area (Å²) in [5.74, 6) is 0.722. The predicted octanol–water partition coefficient (Wildman–Crippen LogP) is 1.88. The molecule has 0 unspecified atom stereocenters. The molecule has 1 saturated heterocycles. The number of hydrogen-bond acceptors (Lipinski definition) is 5. The van der Waals surface area contributed by atoms with E-state index >= 15 is 0 Å². The van der Waals surface area contributed by atoms with E-state index in [9.17, 15) is 9.59 Å². The van der Waals surface area contributed by atoms with Crippen LogP contribution in [0.2, 0.25) is 0 Å². The summed E-state index contributed by atoms with van der Waals surface area (Å²) in [5, 5.41) is 0. The van der Waals surface area contributed by atoms with Gasteiger partial charge >= 0.3 is 0 Å². The van der Waals surface area contributed by atoms with Gasteiger partial charge in [0.05, 0.1) is 0 Å². The molecule has 1 atom stereocenters. The molecule has 2 aliphatic rings. The van der Waals surface area contributed by atoms with Crippen LogP contribution in [0.4, 0.5) is 11.6 Å². The number of rotatable bonds is 3. The highest BCUT2D eigenvalue weighted by molar-refractivity contribution is 6.01. The molecule has 0 bridgehead atoms. The van der Waals surface area contributed by atoms with Crippen molar-refractivity contribution in [1.29, 1.82) is 0 Å². The van der Waals surface area contributed by atoms with E-state index < -0.39 is 6.04 Å². The Morgan fingerprint density at radius 1 is 1.00 bits per heavy atom. The minimum atomic E-state index is -0.508. The van der Waals surface area contributed by atoms with Crippen LogP contribution in [-0.4, -0.2) is 58.9 Å². The second-order valence-corrected chi connectivity index (χ2v) is 7.28. The van der Waals surface area contributed by atoms with Gasteiger partial charge in [0.2, 0.25) is 17.8 Å². The molecule has 7 heteroatoms. The van der Waals surface area contributed by atoms with Gasteiger partial charge in [-0.25, -0.2) is 9.97 Å². The molecule has 4 rings (SSSR count). The summed E-state index contributed by atoms with van der Waals surface area (Å²) in [6.07, 6.45) is 5.62. The first-order chi connectivity index (χ1) is 13.6. The summed E-state index contributed by atoms with van der Waals surface area (Å²) in [5.41, 5.74) is 2.02. The molecule has 7 nitrogen and oxygen atoms in total. The van der Waals surface area contributed by atoms with E-state index in [1.807, 2.05) is 30.0 Å². The molecular weight excluding hydrogens is 354 g/mol. The molecule has 1 aromatic heterocycles. The molecular formula is C21H25N5O2. The number of aryl methyl sites for hydroxylation is 1. The van der Waals surface area contributed by atoms with Gasteiger partial charge in [-0.1, -0.05) is 18.2 Å². The molecule has 0 spiro atoms. The van der Waals surface area contributed by atoms with Crippen LogP contribution < -0.4 is 9.80 Å². The van der Waals surface area contributed by atoms with E-state index in [1.165, 1.54) is 0 Å². The van der Waals surface area contributed by atoms with Crippen LogP contribution in [0.1, 0.15) is 25.3 Å². The molecule has 0 N–H and O–H groups in total. The van der Waals surface area contributed by atoms with Crippen molar-refractivity contribution in [3.63, 3.8) is 0 Å². The average molecular weight is 379 g/mol. The van der Waals surface area contributed by atoms with Crippen LogP contribution in [0.15, 0.2) is 42.7 Å². The third-order valence-corrected chi connectivity index (χ3v) is 5.53. The third kappa shape index (κ3) is 3.56. The van der Waals surface area contributed by atoms with E-state index in [0.717, 1.165) is 24.1 Å². The molecule has 2 aliphatic heterocycles. The SMILES string of the molecule is C[C@@H](C(=O)N1CCN(c2ncccn2)CC1)N1C(=O)CCCc2ccccc21. The van der Waals surface area contributed by atoms with Gasteiger partial charge in [0.15, 0.2) is 0 Å². The lowest BCUT2D eigenvalue weighted by Gasteiger charge is -2.38. The van der Waals surface area contributed by atoms with E-state index in [-0.39, 0.29) is 11.8 Å². The summed E-state index contributed by atoms with van der Waals surface area (Å²) in [4.78, 5) is 40.2. The fourth-order valence-electron chi connectivity index (χ4n) is 4.02. The molecule has 2 amide bonds. The molecule has 1 fully saturated rings.